The summed E-state index contributed by atoms with van der Waals surface area (Å²) < 4.78 is 0. The molecular weight excluding hydrogens is 281 g/mol. The molecular formula is C15H15Cl2NO. The fraction of sp³-hybridized carbons (Fsp3) is 0.200. The van der Waals surface area contributed by atoms with Gasteiger partial charge in [-0.1, -0.05) is 65.7 Å². The maximum atomic E-state index is 9.46. The lowest BCUT2D eigenvalue weighted by Gasteiger charge is -2.17. The van der Waals surface area contributed by atoms with Gasteiger partial charge in [0.25, 0.3) is 0 Å². The molecule has 2 rings (SSSR count). The number of rotatable bonds is 5. The van der Waals surface area contributed by atoms with E-state index in [1.165, 1.54) is 0 Å². The molecule has 0 bridgehead atoms. The first-order valence-corrected chi connectivity index (χ1v) is 6.80. The van der Waals surface area contributed by atoms with Gasteiger partial charge in [0.15, 0.2) is 0 Å². The van der Waals surface area contributed by atoms with Crippen LogP contribution in [0.5, 0.6) is 0 Å². The van der Waals surface area contributed by atoms with Crippen molar-refractivity contribution in [1.82, 2.24) is 5.32 Å². The molecule has 2 N–H and O–H groups in total. The van der Waals surface area contributed by atoms with E-state index in [1.54, 1.807) is 6.07 Å². The molecule has 0 saturated carbocycles. The maximum absolute atomic E-state index is 9.46. The quantitative estimate of drug-likeness (QED) is 0.879. The standard InChI is InChI=1S/C15H15Cl2NO/c16-13-8-4-7-12(15(13)17)9-18-14(10-19)11-5-2-1-3-6-11/h1-8,14,18-19H,9-10H2. The van der Waals surface area contributed by atoms with Crippen LogP contribution in [0.2, 0.25) is 10.0 Å². The Balaban J connectivity index is 2.06. The minimum atomic E-state index is -0.115. The molecule has 2 aromatic rings. The Kier molecular flexibility index (Phi) is 5.23. The predicted molar refractivity (Wildman–Crippen MR) is 79.6 cm³/mol. The van der Waals surface area contributed by atoms with Crippen molar-refractivity contribution in [2.75, 3.05) is 6.61 Å². The highest BCUT2D eigenvalue weighted by atomic mass is 35.5. The largest absolute Gasteiger partial charge is 0.394 e. The first-order valence-electron chi connectivity index (χ1n) is 6.04. The van der Waals surface area contributed by atoms with E-state index in [2.05, 4.69) is 5.32 Å². The number of nitrogens with one attached hydrogen (secondary N) is 1. The van der Waals surface area contributed by atoms with Crippen LogP contribution in [0.25, 0.3) is 0 Å². The van der Waals surface area contributed by atoms with Crippen LogP contribution in [0.1, 0.15) is 17.2 Å². The summed E-state index contributed by atoms with van der Waals surface area (Å²) in [6, 6.07) is 15.2. The summed E-state index contributed by atoms with van der Waals surface area (Å²) in [5, 5.41) is 13.8. The Morgan fingerprint density at radius 2 is 1.74 bits per heavy atom. The van der Waals surface area contributed by atoms with Crippen molar-refractivity contribution < 1.29 is 5.11 Å². The molecule has 0 heterocycles. The molecule has 0 amide bonds. The first-order chi connectivity index (χ1) is 9.22. The molecule has 0 spiro atoms. The third-order valence-corrected chi connectivity index (χ3v) is 3.81. The number of aliphatic hydroxyl groups excluding tert-OH is 1. The summed E-state index contributed by atoms with van der Waals surface area (Å²) in [6.07, 6.45) is 0. The Hall–Kier alpha value is -1.06. The van der Waals surface area contributed by atoms with Crippen molar-refractivity contribution in [3.8, 4) is 0 Å². The second-order valence-corrected chi connectivity index (χ2v) is 5.02. The fourth-order valence-corrected chi connectivity index (χ4v) is 2.28. The number of benzene rings is 2. The van der Waals surface area contributed by atoms with E-state index in [4.69, 9.17) is 23.2 Å². The Bertz CT molecular complexity index is 531. The fourth-order valence-electron chi connectivity index (χ4n) is 1.89. The van der Waals surface area contributed by atoms with Gasteiger partial charge in [0.1, 0.15) is 0 Å². The van der Waals surface area contributed by atoms with E-state index in [1.807, 2.05) is 42.5 Å². The highest BCUT2D eigenvalue weighted by Gasteiger charge is 2.11. The second-order valence-electron chi connectivity index (χ2n) is 4.24. The van der Waals surface area contributed by atoms with Crippen molar-refractivity contribution in [1.29, 1.82) is 0 Å². The minimum Gasteiger partial charge on any atom is -0.394 e. The Labute approximate surface area is 123 Å². The first kappa shape index (κ1) is 14.4. The van der Waals surface area contributed by atoms with Gasteiger partial charge in [-0.25, -0.2) is 0 Å². The summed E-state index contributed by atoms with van der Waals surface area (Å²) in [4.78, 5) is 0. The summed E-state index contributed by atoms with van der Waals surface area (Å²) >= 11 is 12.1. The van der Waals surface area contributed by atoms with Crippen molar-refractivity contribution in [3.05, 3.63) is 69.7 Å². The number of hydrogen-bond donors (Lipinski definition) is 2. The molecule has 2 nitrogen and oxygen atoms in total. The molecule has 0 aromatic heterocycles. The SMILES string of the molecule is OCC(NCc1cccc(Cl)c1Cl)c1ccccc1. The van der Waals surface area contributed by atoms with Crippen LogP contribution in [0, 0.1) is 0 Å². The minimum absolute atomic E-state index is 0.0300. The van der Waals surface area contributed by atoms with Crippen LogP contribution in [-0.2, 0) is 6.54 Å². The number of aliphatic hydroxyl groups is 1. The normalized spacial score (nSPS) is 12.4. The summed E-state index contributed by atoms with van der Waals surface area (Å²) in [6.45, 7) is 0.585. The number of hydrogen-bond acceptors (Lipinski definition) is 2. The van der Waals surface area contributed by atoms with E-state index in [0.717, 1.165) is 11.1 Å². The number of halogens is 2. The lowest BCUT2D eigenvalue weighted by atomic mass is 10.1. The molecule has 0 aliphatic heterocycles. The average molecular weight is 296 g/mol. The van der Waals surface area contributed by atoms with Crippen LogP contribution in [0.15, 0.2) is 48.5 Å². The Morgan fingerprint density at radius 3 is 2.42 bits per heavy atom. The van der Waals surface area contributed by atoms with Gasteiger partial charge in [-0.05, 0) is 17.2 Å². The van der Waals surface area contributed by atoms with Gasteiger partial charge in [0.2, 0.25) is 0 Å². The maximum Gasteiger partial charge on any atom is 0.0637 e. The molecule has 100 valence electrons. The van der Waals surface area contributed by atoms with Gasteiger partial charge in [0, 0.05) is 6.54 Å². The smallest absolute Gasteiger partial charge is 0.0637 e. The highest BCUT2D eigenvalue weighted by Crippen LogP contribution is 2.26. The second kappa shape index (κ2) is 6.92. The van der Waals surface area contributed by atoms with Gasteiger partial charge in [-0.15, -0.1) is 0 Å². The van der Waals surface area contributed by atoms with Gasteiger partial charge in [-0.2, -0.15) is 0 Å². The van der Waals surface area contributed by atoms with Crippen molar-refractivity contribution in [2.45, 2.75) is 12.6 Å². The van der Waals surface area contributed by atoms with Crippen LogP contribution in [0.3, 0.4) is 0 Å². The molecule has 0 aliphatic rings. The Morgan fingerprint density at radius 1 is 1.00 bits per heavy atom. The zero-order valence-corrected chi connectivity index (χ0v) is 11.8. The van der Waals surface area contributed by atoms with Crippen molar-refractivity contribution >= 4 is 23.2 Å². The zero-order chi connectivity index (χ0) is 13.7. The molecule has 0 aliphatic carbocycles. The van der Waals surface area contributed by atoms with E-state index in [9.17, 15) is 5.11 Å². The van der Waals surface area contributed by atoms with Gasteiger partial charge >= 0.3 is 0 Å². The van der Waals surface area contributed by atoms with Crippen LogP contribution in [0.4, 0.5) is 0 Å². The molecule has 19 heavy (non-hydrogen) atoms. The molecule has 0 saturated heterocycles. The lowest BCUT2D eigenvalue weighted by molar-refractivity contribution is 0.243. The molecule has 1 unspecified atom stereocenters. The highest BCUT2D eigenvalue weighted by molar-refractivity contribution is 6.42. The average Bonchev–Trinajstić information content (AvgIpc) is 2.45. The third kappa shape index (κ3) is 3.71. The molecule has 0 fully saturated rings. The van der Waals surface area contributed by atoms with Crippen molar-refractivity contribution in [2.24, 2.45) is 0 Å². The van der Waals surface area contributed by atoms with Gasteiger partial charge in [0.05, 0.1) is 22.7 Å². The van der Waals surface area contributed by atoms with Crippen LogP contribution < -0.4 is 5.32 Å². The molecule has 1 atom stereocenters. The molecule has 4 heteroatoms. The van der Waals surface area contributed by atoms with Gasteiger partial charge < -0.3 is 10.4 Å². The van der Waals surface area contributed by atoms with E-state index < -0.39 is 0 Å². The molecule has 0 radical (unpaired) electrons. The topological polar surface area (TPSA) is 32.3 Å². The molecule has 2 aromatic carbocycles. The summed E-state index contributed by atoms with van der Waals surface area (Å²) in [7, 11) is 0. The van der Waals surface area contributed by atoms with E-state index in [0.29, 0.717) is 16.6 Å². The monoisotopic (exact) mass is 295 g/mol. The van der Waals surface area contributed by atoms with E-state index >= 15 is 0 Å². The lowest BCUT2D eigenvalue weighted by Crippen LogP contribution is -2.24. The zero-order valence-electron chi connectivity index (χ0n) is 10.3. The third-order valence-electron chi connectivity index (χ3n) is 2.95. The van der Waals surface area contributed by atoms with E-state index in [-0.39, 0.29) is 12.6 Å². The predicted octanol–water partition coefficient (Wildman–Crippen LogP) is 3.82. The van der Waals surface area contributed by atoms with Crippen molar-refractivity contribution in [3.63, 3.8) is 0 Å². The van der Waals surface area contributed by atoms with Crippen LogP contribution >= 0.6 is 23.2 Å². The summed E-state index contributed by atoms with van der Waals surface area (Å²) in [5.74, 6) is 0. The van der Waals surface area contributed by atoms with Crippen LogP contribution in [-0.4, -0.2) is 11.7 Å². The summed E-state index contributed by atoms with van der Waals surface area (Å²) in [5.41, 5.74) is 1.96. The van der Waals surface area contributed by atoms with Gasteiger partial charge in [-0.3, -0.25) is 0 Å².